The molecule has 2 aromatic rings. The largest absolute Gasteiger partial charge is 0.455 e. The molecule has 0 radical (unpaired) electrons. The molecule has 22 heavy (non-hydrogen) atoms. The summed E-state index contributed by atoms with van der Waals surface area (Å²) in [6.07, 6.45) is 0. The van der Waals surface area contributed by atoms with E-state index < -0.39 is 5.97 Å². The van der Waals surface area contributed by atoms with E-state index >= 15 is 0 Å². The van der Waals surface area contributed by atoms with Gasteiger partial charge in [0.2, 0.25) is 5.91 Å². The van der Waals surface area contributed by atoms with Gasteiger partial charge in [0.05, 0.1) is 26.3 Å². The minimum atomic E-state index is -0.702. The van der Waals surface area contributed by atoms with Gasteiger partial charge < -0.3 is 10.1 Å². The number of amides is 1. The summed E-state index contributed by atoms with van der Waals surface area (Å²) in [6.45, 7) is 1.30. The van der Waals surface area contributed by atoms with Crippen LogP contribution in [0.15, 0.2) is 17.5 Å². The lowest BCUT2D eigenvalue weighted by Gasteiger charge is -2.08. The topological polar surface area (TPSA) is 68.3 Å². The van der Waals surface area contributed by atoms with Crippen LogP contribution in [0, 0.1) is 0 Å². The molecule has 1 aromatic heterocycles. The number of carbonyl (C=O) groups is 2. The van der Waals surface area contributed by atoms with Gasteiger partial charge in [0.1, 0.15) is 6.61 Å². The molecule has 1 heterocycles. The molecule has 1 N–H and O–H groups in total. The van der Waals surface area contributed by atoms with E-state index in [9.17, 15) is 9.59 Å². The summed E-state index contributed by atoms with van der Waals surface area (Å²) >= 11 is 19.0. The zero-order chi connectivity index (χ0) is 16.3. The third-order valence-electron chi connectivity index (χ3n) is 2.43. The van der Waals surface area contributed by atoms with Crippen LogP contribution in [0.4, 0.5) is 5.13 Å². The highest BCUT2D eigenvalue weighted by Crippen LogP contribution is 2.32. The molecule has 0 aliphatic rings. The molecule has 0 spiro atoms. The van der Waals surface area contributed by atoms with E-state index in [0.717, 1.165) is 0 Å². The van der Waals surface area contributed by atoms with Crippen molar-refractivity contribution in [1.82, 2.24) is 4.98 Å². The van der Waals surface area contributed by atoms with Gasteiger partial charge >= 0.3 is 5.97 Å². The fourth-order valence-electron chi connectivity index (χ4n) is 1.51. The first-order valence-electron chi connectivity index (χ1n) is 5.91. The average molecular weight is 380 g/mol. The van der Waals surface area contributed by atoms with E-state index in [1.54, 1.807) is 5.38 Å². The predicted molar refractivity (Wildman–Crippen MR) is 87.0 cm³/mol. The zero-order valence-corrected chi connectivity index (χ0v) is 14.2. The van der Waals surface area contributed by atoms with Crippen LogP contribution < -0.4 is 5.32 Å². The Morgan fingerprint density at radius 1 is 1.27 bits per heavy atom. The van der Waals surface area contributed by atoms with Crippen molar-refractivity contribution < 1.29 is 14.3 Å². The molecule has 0 aliphatic heterocycles. The molecule has 116 valence electrons. The Bertz CT molecular complexity index is 733. The molecule has 1 amide bonds. The van der Waals surface area contributed by atoms with Crippen molar-refractivity contribution in [3.05, 3.63) is 43.8 Å². The van der Waals surface area contributed by atoms with Crippen molar-refractivity contribution >= 4 is 63.1 Å². The number of hydrogen-bond acceptors (Lipinski definition) is 5. The molecule has 1 aromatic carbocycles. The van der Waals surface area contributed by atoms with Crippen molar-refractivity contribution in [2.45, 2.75) is 13.5 Å². The van der Waals surface area contributed by atoms with E-state index in [1.165, 1.54) is 30.4 Å². The van der Waals surface area contributed by atoms with Gasteiger partial charge in [-0.05, 0) is 12.1 Å². The molecule has 0 fully saturated rings. The van der Waals surface area contributed by atoms with Crippen LogP contribution in [0.2, 0.25) is 15.1 Å². The number of halogens is 3. The molecule has 5 nitrogen and oxygen atoms in total. The molecule has 0 aliphatic carbocycles. The minimum Gasteiger partial charge on any atom is -0.455 e. The normalized spacial score (nSPS) is 10.4. The Kier molecular flexibility index (Phi) is 5.63. The number of rotatable bonds is 4. The Balaban J connectivity index is 2.06. The zero-order valence-electron chi connectivity index (χ0n) is 11.2. The number of benzene rings is 1. The third-order valence-corrected chi connectivity index (χ3v) is 4.36. The van der Waals surface area contributed by atoms with Crippen LogP contribution in [0.1, 0.15) is 23.0 Å². The highest BCUT2D eigenvalue weighted by molar-refractivity contribution is 7.13. The molecule has 0 atom stereocenters. The first kappa shape index (κ1) is 17.0. The number of nitrogens with zero attached hydrogens (tertiary/aromatic N) is 1. The van der Waals surface area contributed by atoms with E-state index in [1.807, 2.05) is 0 Å². The highest BCUT2D eigenvalue weighted by Gasteiger charge is 2.19. The summed E-state index contributed by atoms with van der Waals surface area (Å²) in [7, 11) is 0. The smallest absolute Gasteiger partial charge is 0.341 e. The van der Waals surface area contributed by atoms with E-state index in [0.29, 0.717) is 10.8 Å². The van der Waals surface area contributed by atoms with Crippen molar-refractivity contribution in [3.8, 4) is 0 Å². The number of aromatic nitrogens is 1. The standard InChI is InChI=1S/C13H9Cl3N2O3S/c1-6(19)17-13-18-7(5-22-13)4-21-12(20)10-8(14)2-3-9(15)11(10)16/h2-3,5H,4H2,1H3,(H,17,18,19). The summed E-state index contributed by atoms with van der Waals surface area (Å²) in [5.41, 5.74) is 0.504. The fourth-order valence-corrected chi connectivity index (χ4v) is 2.93. The molecule has 2 rings (SSSR count). The maximum Gasteiger partial charge on any atom is 0.341 e. The number of thiazole rings is 1. The minimum absolute atomic E-state index is 0.00754. The van der Waals surface area contributed by atoms with E-state index in [4.69, 9.17) is 39.5 Å². The van der Waals surface area contributed by atoms with Crippen molar-refractivity contribution in [1.29, 1.82) is 0 Å². The van der Waals surface area contributed by atoms with Gasteiger partial charge in [0.25, 0.3) is 0 Å². The molecule has 0 unspecified atom stereocenters. The molecule has 0 saturated heterocycles. The first-order chi connectivity index (χ1) is 10.4. The van der Waals surface area contributed by atoms with Crippen molar-refractivity contribution in [2.75, 3.05) is 5.32 Å². The third kappa shape index (κ3) is 4.10. The summed E-state index contributed by atoms with van der Waals surface area (Å²) < 4.78 is 5.11. The molecule has 0 bridgehead atoms. The van der Waals surface area contributed by atoms with E-state index in [-0.39, 0.29) is 33.1 Å². The number of anilines is 1. The molecule has 9 heteroatoms. The van der Waals surface area contributed by atoms with Crippen LogP contribution in [0.3, 0.4) is 0 Å². The fraction of sp³-hybridized carbons (Fsp3) is 0.154. The maximum atomic E-state index is 12.1. The van der Waals surface area contributed by atoms with Gasteiger partial charge in [-0.1, -0.05) is 34.8 Å². The van der Waals surface area contributed by atoms with E-state index in [2.05, 4.69) is 10.3 Å². The number of esters is 1. The number of nitrogens with one attached hydrogen (secondary N) is 1. The van der Waals surface area contributed by atoms with Gasteiger partial charge in [-0.15, -0.1) is 11.3 Å². The van der Waals surface area contributed by atoms with Gasteiger partial charge in [-0.3, -0.25) is 4.79 Å². The van der Waals surface area contributed by atoms with Crippen LogP contribution >= 0.6 is 46.1 Å². The highest BCUT2D eigenvalue weighted by atomic mass is 35.5. The maximum absolute atomic E-state index is 12.1. The first-order valence-corrected chi connectivity index (χ1v) is 7.92. The van der Waals surface area contributed by atoms with Crippen LogP contribution in [-0.4, -0.2) is 16.9 Å². The predicted octanol–water partition coefficient (Wildman–Crippen LogP) is 4.42. The number of ether oxygens (including phenoxy) is 1. The van der Waals surface area contributed by atoms with Crippen LogP contribution in [-0.2, 0) is 16.1 Å². The number of carbonyl (C=O) groups excluding carboxylic acids is 2. The summed E-state index contributed by atoms with van der Waals surface area (Å²) in [5, 5.41) is 5.03. The number of hydrogen-bond donors (Lipinski definition) is 1. The molecule has 0 saturated carbocycles. The molecular formula is C13H9Cl3N2O3S. The second-order valence-electron chi connectivity index (χ2n) is 4.12. The summed E-state index contributed by atoms with van der Waals surface area (Å²) in [4.78, 5) is 27.1. The Morgan fingerprint density at radius 3 is 2.64 bits per heavy atom. The Morgan fingerprint density at radius 2 is 1.95 bits per heavy atom. The lowest BCUT2D eigenvalue weighted by atomic mass is 10.2. The summed E-state index contributed by atoms with van der Waals surface area (Å²) in [6, 6.07) is 2.95. The monoisotopic (exact) mass is 378 g/mol. The van der Waals surface area contributed by atoms with Gasteiger partial charge in [0, 0.05) is 12.3 Å². The lowest BCUT2D eigenvalue weighted by Crippen LogP contribution is -2.08. The van der Waals surface area contributed by atoms with Gasteiger partial charge in [-0.25, -0.2) is 9.78 Å². The van der Waals surface area contributed by atoms with Crippen molar-refractivity contribution in [3.63, 3.8) is 0 Å². The van der Waals surface area contributed by atoms with Gasteiger partial charge in [-0.2, -0.15) is 0 Å². The summed E-state index contributed by atoms with van der Waals surface area (Å²) in [5.74, 6) is -0.929. The van der Waals surface area contributed by atoms with Crippen molar-refractivity contribution in [2.24, 2.45) is 0 Å². The van der Waals surface area contributed by atoms with Crippen LogP contribution in [0.25, 0.3) is 0 Å². The molecular weight excluding hydrogens is 371 g/mol. The van der Waals surface area contributed by atoms with Gasteiger partial charge in [0.15, 0.2) is 5.13 Å². The lowest BCUT2D eigenvalue weighted by molar-refractivity contribution is -0.114. The average Bonchev–Trinajstić information content (AvgIpc) is 2.88. The SMILES string of the molecule is CC(=O)Nc1nc(COC(=O)c2c(Cl)ccc(Cl)c2Cl)cs1. The Labute approximate surface area is 145 Å². The second-order valence-corrected chi connectivity index (χ2v) is 6.17. The second kappa shape index (κ2) is 7.28. The Hall–Kier alpha value is -1.34. The quantitative estimate of drug-likeness (QED) is 0.631. The van der Waals surface area contributed by atoms with Crippen LogP contribution in [0.5, 0.6) is 0 Å².